The molecule has 0 atom stereocenters. The number of anilines is 1. The molecule has 178 valence electrons. The number of alkyl halides is 3. The van der Waals surface area contributed by atoms with Gasteiger partial charge in [-0.2, -0.15) is 18.3 Å². The number of piperazine rings is 1. The van der Waals surface area contributed by atoms with Crippen molar-refractivity contribution in [2.45, 2.75) is 6.18 Å². The lowest BCUT2D eigenvalue weighted by Gasteiger charge is -2.34. The van der Waals surface area contributed by atoms with Crippen LogP contribution in [0.15, 0.2) is 60.8 Å². The molecule has 0 radical (unpaired) electrons. The lowest BCUT2D eigenvalue weighted by Crippen LogP contribution is -2.50. The Morgan fingerprint density at radius 2 is 1.65 bits per heavy atom. The van der Waals surface area contributed by atoms with Crippen LogP contribution in [0.2, 0.25) is 5.02 Å². The summed E-state index contributed by atoms with van der Waals surface area (Å²) in [6.07, 6.45) is -3.29. The van der Waals surface area contributed by atoms with Crippen molar-refractivity contribution >= 4 is 29.1 Å². The van der Waals surface area contributed by atoms with Crippen LogP contribution < -0.4 is 5.32 Å². The summed E-state index contributed by atoms with van der Waals surface area (Å²) in [4.78, 5) is 28.8. The third kappa shape index (κ3) is 5.57. The first-order valence-corrected chi connectivity index (χ1v) is 10.9. The Morgan fingerprint density at radius 1 is 0.971 bits per heavy atom. The first-order chi connectivity index (χ1) is 16.2. The number of para-hydroxylation sites is 1. The summed E-state index contributed by atoms with van der Waals surface area (Å²) in [5, 5.41) is 6.78. The number of nitrogens with one attached hydrogen (secondary N) is 1. The molecule has 34 heavy (non-hydrogen) atoms. The highest BCUT2D eigenvalue weighted by Gasteiger charge is 2.33. The van der Waals surface area contributed by atoms with Gasteiger partial charge in [0.2, 0.25) is 5.91 Å². The zero-order valence-corrected chi connectivity index (χ0v) is 18.7. The van der Waals surface area contributed by atoms with Gasteiger partial charge in [0.05, 0.1) is 22.9 Å². The summed E-state index contributed by atoms with van der Waals surface area (Å²) in [6.45, 7) is 2.16. The molecular formula is C23H21ClF3N5O2. The van der Waals surface area contributed by atoms with E-state index in [1.54, 1.807) is 53.4 Å². The number of nitrogens with zero attached hydrogens (tertiary/aromatic N) is 4. The molecule has 7 nitrogen and oxygen atoms in total. The van der Waals surface area contributed by atoms with Gasteiger partial charge in [-0.05, 0) is 42.5 Å². The Labute approximate surface area is 198 Å². The van der Waals surface area contributed by atoms with Crippen LogP contribution in [0.4, 0.5) is 18.9 Å². The van der Waals surface area contributed by atoms with E-state index < -0.39 is 11.9 Å². The van der Waals surface area contributed by atoms with Crippen molar-refractivity contribution in [3.63, 3.8) is 0 Å². The van der Waals surface area contributed by atoms with Crippen molar-refractivity contribution in [1.29, 1.82) is 0 Å². The predicted molar refractivity (Wildman–Crippen MR) is 121 cm³/mol. The lowest BCUT2D eigenvalue weighted by atomic mass is 10.1. The average molecular weight is 492 g/mol. The van der Waals surface area contributed by atoms with E-state index in [0.29, 0.717) is 48.1 Å². The van der Waals surface area contributed by atoms with Gasteiger partial charge >= 0.3 is 6.18 Å². The summed E-state index contributed by atoms with van der Waals surface area (Å²) >= 11 is 6.06. The van der Waals surface area contributed by atoms with Crippen molar-refractivity contribution < 1.29 is 22.8 Å². The van der Waals surface area contributed by atoms with Gasteiger partial charge in [-0.25, -0.2) is 4.68 Å². The molecule has 1 aromatic heterocycles. The summed E-state index contributed by atoms with van der Waals surface area (Å²) in [5.41, 5.74) is 0.417. The molecule has 4 rings (SSSR count). The molecular weight excluding hydrogens is 471 g/mol. The minimum absolute atomic E-state index is 0.178. The van der Waals surface area contributed by atoms with E-state index >= 15 is 0 Å². The maximum Gasteiger partial charge on any atom is 0.435 e. The SMILES string of the molecule is O=C(CN1CCN(C(=O)c2ccc(-n3ccc(C(F)(F)F)n3)cc2)CC1)Nc1ccccc1Cl. The third-order valence-electron chi connectivity index (χ3n) is 5.43. The van der Waals surface area contributed by atoms with Crippen molar-refractivity contribution in [3.8, 4) is 5.69 Å². The molecule has 0 saturated carbocycles. The van der Waals surface area contributed by atoms with Gasteiger partial charge in [-0.3, -0.25) is 14.5 Å². The van der Waals surface area contributed by atoms with Gasteiger partial charge < -0.3 is 10.2 Å². The van der Waals surface area contributed by atoms with Gasteiger partial charge in [0.1, 0.15) is 0 Å². The van der Waals surface area contributed by atoms with Crippen molar-refractivity contribution in [2.75, 3.05) is 38.0 Å². The van der Waals surface area contributed by atoms with E-state index in [9.17, 15) is 22.8 Å². The number of carbonyl (C=O) groups excluding carboxylic acids is 2. The minimum atomic E-state index is -4.52. The summed E-state index contributed by atoms with van der Waals surface area (Å²) < 4.78 is 39.4. The molecule has 1 N–H and O–H groups in total. The maximum absolute atomic E-state index is 12.8. The number of hydrogen-bond acceptors (Lipinski definition) is 4. The van der Waals surface area contributed by atoms with Crippen LogP contribution in [-0.4, -0.2) is 64.1 Å². The molecule has 1 fully saturated rings. The predicted octanol–water partition coefficient (Wildman–Crippen LogP) is 3.94. The molecule has 0 aliphatic carbocycles. The number of rotatable bonds is 5. The maximum atomic E-state index is 12.8. The highest BCUT2D eigenvalue weighted by molar-refractivity contribution is 6.33. The number of aromatic nitrogens is 2. The van der Waals surface area contributed by atoms with Gasteiger partial charge in [0.15, 0.2) is 5.69 Å². The van der Waals surface area contributed by atoms with E-state index in [1.807, 2.05) is 4.90 Å². The van der Waals surface area contributed by atoms with Gasteiger partial charge in [-0.1, -0.05) is 23.7 Å². The number of halogens is 4. The van der Waals surface area contributed by atoms with E-state index in [1.165, 1.54) is 6.20 Å². The summed E-state index contributed by atoms with van der Waals surface area (Å²) in [7, 11) is 0. The molecule has 3 aromatic rings. The summed E-state index contributed by atoms with van der Waals surface area (Å²) in [6, 6.07) is 14.1. The smallest absolute Gasteiger partial charge is 0.336 e. The number of amides is 2. The second-order valence-corrected chi connectivity index (χ2v) is 8.19. The van der Waals surface area contributed by atoms with Crippen molar-refractivity contribution in [3.05, 3.63) is 77.1 Å². The highest BCUT2D eigenvalue weighted by atomic mass is 35.5. The zero-order chi connectivity index (χ0) is 24.3. The van der Waals surface area contributed by atoms with E-state index in [-0.39, 0.29) is 18.4 Å². The normalized spacial score (nSPS) is 14.8. The quantitative estimate of drug-likeness (QED) is 0.587. The molecule has 1 aliphatic rings. The van der Waals surface area contributed by atoms with E-state index in [4.69, 9.17) is 11.6 Å². The Kier molecular flexibility index (Phi) is 6.90. The van der Waals surface area contributed by atoms with Crippen molar-refractivity contribution in [1.82, 2.24) is 19.6 Å². The molecule has 2 heterocycles. The number of carbonyl (C=O) groups is 2. The minimum Gasteiger partial charge on any atom is -0.336 e. The van der Waals surface area contributed by atoms with E-state index in [2.05, 4.69) is 10.4 Å². The Hall–Kier alpha value is -3.37. The van der Waals surface area contributed by atoms with Crippen LogP contribution >= 0.6 is 11.6 Å². The van der Waals surface area contributed by atoms with Crippen LogP contribution in [0.3, 0.4) is 0 Å². The standard InChI is InChI=1S/C23H21ClF3N5O2/c24-18-3-1-2-4-19(18)28-21(33)15-30-11-13-31(14-12-30)22(34)16-5-7-17(8-6-16)32-10-9-20(29-32)23(25,26)27/h1-10H,11-15H2,(H,28,33). The average Bonchev–Trinajstić information content (AvgIpc) is 3.32. The van der Waals surface area contributed by atoms with Crippen molar-refractivity contribution in [2.24, 2.45) is 0 Å². The number of benzene rings is 2. The third-order valence-corrected chi connectivity index (χ3v) is 5.76. The Balaban J connectivity index is 1.30. The van der Waals surface area contributed by atoms with Crippen LogP contribution in [0.1, 0.15) is 16.1 Å². The molecule has 0 unspecified atom stereocenters. The number of hydrogen-bond donors (Lipinski definition) is 1. The van der Waals surface area contributed by atoms with Gasteiger partial charge in [0.25, 0.3) is 5.91 Å². The fraction of sp³-hybridized carbons (Fsp3) is 0.261. The molecule has 1 saturated heterocycles. The largest absolute Gasteiger partial charge is 0.435 e. The van der Waals surface area contributed by atoms with Crippen LogP contribution in [0, 0.1) is 0 Å². The Bertz CT molecular complexity index is 1170. The molecule has 11 heteroatoms. The van der Waals surface area contributed by atoms with E-state index in [0.717, 1.165) is 10.7 Å². The van der Waals surface area contributed by atoms with Crippen LogP contribution in [-0.2, 0) is 11.0 Å². The molecule has 0 bridgehead atoms. The van der Waals surface area contributed by atoms with Crippen LogP contribution in [0.25, 0.3) is 5.69 Å². The zero-order valence-electron chi connectivity index (χ0n) is 17.9. The fourth-order valence-corrected chi connectivity index (χ4v) is 3.81. The van der Waals surface area contributed by atoms with Gasteiger partial charge in [-0.15, -0.1) is 0 Å². The first-order valence-electron chi connectivity index (χ1n) is 10.5. The topological polar surface area (TPSA) is 70.5 Å². The Morgan fingerprint density at radius 3 is 2.26 bits per heavy atom. The molecule has 2 amide bonds. The van der Waals surface area contributed by atoms with Gasteiger partial charge in [0, 0.05) is 37.9 Å². The first kappa shape index (κ1) is 23.8. The second-order valence-electron chi connectivity index (χ2n) is 7.79. The lowest BCUT2D eigenvalue weighted by molar-refractivity contribution is -0.141. The molecule has 2 aromatic carbocycles. The second kappa shape index (κ2) is 9.86. The highest BCUT2D eigenvalue weighted by Crippen LogP contribution is 2.28. The fourth-order valence-electron chi connectivity index (χ4n) is 3.62. The monoisotopic (exact) mass is 491 g/mol. The summed E-state index contributed by atoms with van der Waals surface area (Å²) in [5.74, 6) is -0.362. The van der Waals surface area contributed by atoms with Crippen LogP contribution in [0.5, 0.6) is 0 Å². The molecule has 0 spiro atoms. The molecule has 1 aliphatic heterocycles.